The lowest BCUT2D eigenvalue weighted by atomic mass is 10.1. The number of carbonyl (C=O) groups excluding carboxylic acids is 2. The van der Waals surface area contributed by atoms with Gasteiger partial charge in [0.15, 0.2) is 0 Å². The highest BCUT2D eigenvalue weighted by atomic mass is 32.2. The highest BCUT2D eigenvalue weighted by Gasteiger charge is 2.43. The molecule has 2 aromatic rings. The summed E-state index contributed by atoms with van der Waals surface area (Å²) < 4.78 is 10.8. The molecule has 1 saturated heterocycles. The Morgan fingerprint density at radius 2 is 1.82 bits per heavy atom. The highest BCUT2D eigenvalue weighted by Crippen LogP contribution is 2.32. The van der Waals surface area contributed by atoms with Crippen molar-refractivity contribution in [2.24, 2.45) is 4.99 Å². The number of carbonyl (C=O) groups is 2. The topological polar surface area (TPSA) is 118 Å². The number of likely N-dealkylation sites (tertiary alicyclic amines) is 1. The van der Waals surface area contributed by atoms with Crippen LogP contribution in [0.1, 0.15) is 17.5 Å². The number of likely N-dealkylation sites (N-methyl/N-ethyl adjacent to an activating group) is 1. The summed E-state index contributed by atoms with van der Waals surface area (Å²) in [6, 6.07) is 13.1. The van der Waals surface area contributed by atoms with Crippen molar-refractivity contribution in [3.63, 3.8) is 0 Å². The molecule has 2 aromatic carbocycles. The molecule has 11 nitrogen and oxygen atoms in total. The van der Waals surface area contributed by atoms with E-state index in [1.54, 1.807) is 35.9 Å². The maximum atomic E-state index is 13.7. The summed E-state index contributed by atoms with van der Waals surface area (Å²) in [6.45, 7) is 1.77. The normalized spacial score (nSPS) is 18.9. The molecule has 0 aliphatic carbocycles. The average Bonchev–Trinajstić information content (AvgIpc) is 3.39. The van der Waals surface area contributed by atoms with Gasteiger partial charge in [0.05, 0.1) is 25.1 Å². The standard InChI is InChI=1S/C27H33N5O6S/c1-29(2)25-16-30(13-12-28-25)26(33)24-14-23(39-18-20-6-10-22(37-3)11-7-20)15-31(24)27(34)38-17-19-4-8-21(9-5-19)32(35)36/h4-11,23-24H,12-18H2,1-3H3/t23-,24-/m0/s1. The van der Waals surface area contributed by atoms with Crippen molar-refractivity contribution in [2.45, 2.75) is 30.1 Å². The first-order valence-electron chi connectivity index (χ1n) is 12.7. The van der Waals surface area contributed by atoms with Crippen molar-refractivity contribution < 1.29 is 24.0 Å². The van der Waals surface area contributed by atoms with E-state index < -0.39 is 17.1 Å². The van der Waals surface area contributed by atoms with Crippen molar-refractivity contribution in [3.8, 4) is 5.75 Å². The molecule has 2 atom stereocenters. The molecule has 0 N–H and O–H groups in total. The quantitative estimate of drug-likeness (QED) is 0.359. The van der Waals surface area contributed by atoms with Crippen LogP contribution in [0.2, 0.25) is 0 Å². The molecule has 2 amide bonds. The number of aliphatic imine (C=N–C) groups is 1. The second kappa shape index (κ2) is 12.8. The summed E-state index contributed by atoms with van der Waals surface area (Å²) in [5.41, 5.74) is 1.73. The molecule has 4 rings (SSSR count). The Morgan fingerprint density at radius 3 is 2.46 bits per heavy atom. The summed E-state index contributed by atoms with van der Waals surface area (Å²) in [7, 11) is 5.43. The zero-order valence-corrected chi connectivity index (χ0v) is 23.1. The van der Waals surface area contributed by atoms with Gasteiger partial charge in [-0.3, -0.25) is 24.8 Å². The van der Waals surface area contributed by atoms with Crippen molar-refractivity contribution >= 4 is 35.3 Å². The molecule has 0 unspecified atom stereocenters. The molecule has 2 aliphatic rings. The fourth-order valence-corrected chi connectivity index (χ4v) is 5.72. The minimum absolute atomic E-state index is 0.0332. The average molecular weight is 556 g/mol. The third-order valence-electron chi connectivity index (χ3n) is 6.76. The first-order chi connectivity index (χ1) is 18.7. The molecular weight excluding hydrogens is 522 g/mol. The summed E-state index contributed by atoms with van der Waals surface area (Å²) in [5, 5.41) is 11.0. The number of thioether (sulfide) groups is 1. The lowest BCUT2D eigenvalue weighted by molar-refractivity contribution is -0.384. The highest BCUT2D eigenvalue weighted by molar-refractivity contribution is 7.99. The SMILES string of the molecule is COc1ccc(CS[C@H]2C[C@@H](C(=O)N3CCN=C(N(C)C)C3)N(C(=O)OCc3ccc([N+](=O)[O-])cc3)C2)cc1. The number of amides is 2. The van der Waals surface area contributed by atoms with Crippen LogP contribution >= 0.6 is 11.8 Å². The van der Waals surface area contributed by atoms with Gasteiger partial charge < -0.3 is 19.3 Å². The molecule has 0 saturated carbocycles. The Labute approximate surface area is 231 Å². The van der Waals surface area contributed by atoms with Gasteiger partial charge in [0, 0.05) is 50.3 Å². The van der Waals surface area contributed by atoms with E-state index in [2.05, 4.69) is 4.99 Å². The lowest BCUT2D eigenvalue weighted by Gasteiger charge is -2.33. The maximum absolute atomic E-state index is 13.7. The number of rotatable bonds is 8. The van der Waals surface area contributed by atoms with Crippen molar-refractivity contribution in [1.82, 2.24) is 14.7 Å². The molecule has 0 bridgehead atoms. The van der Waals surface area contributed by atoms with Crippen LogP contribution in [0.3, 0.4) is 0 Å². The van der Waals surface area contributed by atoms with E-state index in [1.165, 1.54) is 17.0 Å². The number of non-ortho nitro benzene ring substituents is 1. The van der Waals surface area contributed by atoms with E-state index in [0.717, 1.165) is 22.9 Å². The number of nitrogens with zero attached hydrogens (tertiary/aromatic N) is 5. The van der Waals surface area contributed by atoms with Gasteiger partial charge in [-0.05, 0) is 41.8 Å². The third-order valence-corrected chi connectivity index (χ3v) is 8.07. The lowest BCUT2D eigenvalue weighted by Crippen LogP contribution is -2.52. The number of hydrogen-bond donors (Lipinski definition) is 0. The Hall–Kier alpha value is -3.80. The Morgan fingerprint density at radius 1 is 1.13 bits per heavy atom. The van der Waals surface area contributed by atoms with Gasteiger partial charge in [0.25, 0.3) is 5.69 Å². The second-order valence-corrected chi connectivity index (χ2v) is 10.9. The molecule has 2 aliphatic heterocycles. The van der Waals surface area contributed by atoms with E-state index in [0.29, 0.717) is 38.2 Å². The molecule has 0 aromatic heterocycles. The number of amidine groups is 1. The molecule has 2 heterocycles. The van der Waals surface area contributed by atoms with Gasteiger partial charge in [0.1, 0.15) is 24.2 Å². The van der Waals surface area contributed by atoms with Gasteiger partial charge in [-0.25, -0.2) is 4.79 Å². The summed E-state index contributed by atoms with van der Waals surface area (Å²) in [6.07, 6.45) is -0.0465. The number of hydrogen-bond acceptors (Lipinski definition) is 9. The van der Waals surface area contributed by atoms with E-state index in [9.17, 15) is 19.7 Å². The monoisotopic (exact) mass is 555 g/mol. The van der Waals surface area contributed by atoms with Crippen LogP contribution in [0.4, 0.5) is 10.5 Å². The van der Waals surface area contributed by atoms with Gasteiger partial charge in [-0.2, -0.15) is 11.8 Å². The van der Waals surface area contributed by atoms with Crippen LogP contribution in [-0.2, 0) is 21.9 Å². The number of benzene rings is 2. The minimum atomic E-state index is -0.635. The molecular formula is C27H33N5O6S. The van der Waals surface area contributed by atoms with Crippen molar-refractivity contribution in [3.05, 3.63) is 69.8 Å². The van der Waals surface area contributed by atoms with Crippen molar-refractivity contribution in [1.29, 1.82) is 0 Å². The fourth-order valence-electron chi connectivity index (χ4n) is 4.51. The second-order valence-electron chi connectivity index (χ2n) is 9.62. The number of ether oxygens (including phenoxy) is 2. The number of nitro groups is 1. The number of methoxy groups -OCH3 is 1. The predicted molar refractivity (Wildman–Crippen MR) is 149 cm³/mol. The smallest absolute Gasteiger partial charge is 0.410 e. The Bertz CT molecular complexity index is 1200. The molecule has 39 heavy (non-hydrogen) atoms. The van der Waals surface area contributed by atoms with E-state index in [4.69, 9.17) is 9.47 Å². The zero-order chi connectivity index (χ0) is 27.9. The molecule has 1 fully saturated rings. The van der Waals surface area contributed by atoms with Crippen LogP contribution < -0.4 is 4.74 Å². The third kappa shape index (κ3) is 7.20. The number of nitro benzene ring substituents is 1. The minimum Gasteiger partial charge on any atom is -0.497 e. The van der Waals surface area contributed by atoms with E-state index in [-0.39, 0.29) is 23.5 Å². The van der Waals surface area contributed by atoms with E-state index >= 15 is 0 Å². The predicted octanol–water partition coefficient (Wildman–Crippen LogP) is 3.42. The molecule has 0 radical (unpaired) electrons. The summed E-state index contributed by atoms with van der Waals surface area (Å²) >= 11 is 1.71. The van der Waals surface area contributed by atoms with E-state index in [1.807, 2.05) is 43.3 Å². The van der Waals surface area contributed by atoms with Crippen LogP contribution in [0.5, 0.6) is 5.75 Å². The van der Waals surface area contributed by atoms with Crippen LogP contribution in [0.15, 0.2) is 53.5 Å². The van der Waals surface area contributed by atoms with Gasteiger partial charge >= 0.3 is 6.09 Å². The zero-order valence-electron chi connectivity index (χ0n) is 22.3. The summed E-state index contributed by atoms with van der Waals surface area (Å²) in [4.78, 5) is 47.0. The van der Waals surface area contributed by atoms with Gasteiger partial charge in [-0.15, -0.1) is 0 Å². The van der Waals surface area contributed by atoms with Crippen LogP contribution in [0.25, 0.3) is 0 Å². The molecule has 0 spiro atoms. The maximum Gasteiger partial charge on any atom is 0.410 e. The first kappa shape index (κ1) is 28.2. The van der Waals surface area contributed by atoms with Crippen LogP contribution in [0, 0.1) is 10.1 Å². The van der Waals surface area contributed by atoms with Crippen LogP contribution in [-0.4, -0.2) is 96.1 Å². The largest absolute Gasteiger partial charge is 0.497 e. The summed E-state index contributed by atoms with van der Waals surface area (Å²) in [5.74, 6) is 2.25. The molecule has 12 heteroatoms. The molecule has 208 valence electrons. The Balaban J connectivity index is 1.43. The first-order valence-corrected chi connectivity index (χ1v) is 13.7. The van der Waals surface area contributed by atoms with Gasteiger partial charge in [-0.1, -0.05) is 12.1 Å². The fraction of sp³-hybridized carbons (Fsp3) is 0.444. The Kier molecular flexibility index (Phi) is 9.28. The van der Waals surface area contributed by atoms with Gasteiger partial charge in [0.2, 0.25) is 5.91 Å². The van der Waals surface area contributed by atoms with Crippen molar-refractivity contribution in [2.75, 3.05) is 47.4 Å².